The standard InChI is InChI=1S/C16H25N3O/c1-19(2)16(10-6-7-11-16)12-18-15(20)14(17)13-8-4-3-5-9-13/h3-5,8-9,14H,6-7,10-12,17H2,1-2H3,(H,18,20). The number of rotatable bonds is 5. The zero-order valence-electron chi connectivity index (χ0n) is 12.4. The number of hydrogen-bond donors (Lipinski definition) is 2. The second kappa shape index (κ2) is 6.37. The molecule has 1 saturated carbocycles. The molecule has 1 aromatic carbocycles. The Hall–Kier alpha value is -1.39. The van der Waals surface area contributed by atoms with Crippen LogP contribution in [0.3, 0.4) is 0 Å². The maximum Gasteiger partial charge on any atom is 0.241 e. The Bertz CT molecular complexity index is 438. The van der Waals surface area contributed by atoms with Crippen LogP contribution in [0.2, 0.25) is 0 Å². The topological polar surface area (TPSA) is 58.4 Å². The number of carbonyl (C=O) groups is 1. The van der Waals surface area contributed by atoms with Gasteiger partial charge in [-0.1, -0.05) is 43.2 Å². The van der Waals surface area contributed by atoms with Crippen LogP contribution in [-0.4, -0.2) is 37.0 Å². The lowest BCUT2D eigenvalue weighted by Crippen LogP contribution is -2.52. The number of likely N-dealkylation sites (N-methyl/N-ethyl adjacent to an activating group) is 1. The molecule has 1 amide bonds. The summed E-state index contributed by atoms with van der Waals surface area (Å²) in [6.07, 6.45) is 4.75. The minimum atomic E-state index is -0.586. The van der Waals surface area contributed by atoms with Crippen LogP contribution in [0.5, 0.6) is 0 Å². The molecule has 0 heterocycles. The highest BCUT2D eigenvalue weighted by atomic mass is 16.2. The van der Waals surface area contributed by atoms with E-state index in [-0.39, 0.29) is 11.4 Å². The molecule has 0 saturated heterocycles. The van der Waals surface area contributed by atoms with Crippen molar-refractivity contribution in [3.05, 3.63) is 35.9 Å². The largest absolute Gasteiger partial charge is 0.353 e. The lowest BCUT2D eigenvalue weighted by atomic mass is 9.95. The fourth-order valence-corrected chi connectivity index (χ4v) is 2.99. The third-order valence-electron chi connectivity index (χ3n) is 4.52. The van der Waals surface area contributed by atoms with Crippen molar-refractivity contribution in [2.24, 2.45) is 5.73 Å². The van der Waals surface area contributed by atoms with E-state index in [4.69, 9.17) is 5.73 Å². The van der Waals surface area contributed by atoms with Gasteiger partial charge in [-0.05, 0) is 32.5 Å². The fourth-order valence-electron chi connectivity index (χ4n) is 2.99. The normalized spacial score (nSPS) is 19.0. The molecule has 3 N–H and O–H groups in total. The van der Waals surface area contributed by atoms with E-state index >= 15 is 0 Å². The number of amides is 1. The van der Waals surface area contributed by atoms with E-state index < -0.39 is 6.04 Å². The lowest BCUT2D eigenvalue weighted by molar-refractivity contribution is -0.123. The molecule has 1 atom stereocenters. The lowest BCUT2D eigenvalue weighted by Gasteiger charge is -2.36. The molecule has 0 aliphatic heterocycles. The van der Waals surface area contributed by atoms with Crippen molar-refractivity contribution in [2.45, 2.75) is 37.3 Å². The van der Waals surface area contributed by atoms with Crippen LogP contribution in [0.25, 0.3) is 0 Å². The molecule has 1 aliphatic carbocycles. The first-order valence-corrected chi connectivity index (χ1v) is 7.31. The minimum absolute atomic E-state index is 0.0932. The average molecular weight is 275 g/mol. The number of nitrogens with one attached hydrogen (secondary N) is 1. The maximum absolute atomic E-state index is 12.2. The van der Waals surface area contributed by atoms with Crippen molar-refractivity contribution in [2.75, 3.05) is 20.6 Å². The van der Waals surface area contributed by atoms with Crippen LogP contribution in [0.15, 0.2) is 30.3 Å². The molecule has 1 aromatic rings. The monoisotopic (exact) mass is 275 g/mol. The maximum atomic E-state index is 12.2. The van der Waals surface area contributed by atoms with Gasteiger partial charge in [0.1, 0.15) is 6.04 Å². The Morgan fingerprint density at radius 3 is 2.45 bits per heavy atom. The van der Waals surface area contributed by atoms with E-state index in [0.717, 1.165) is 18.4 Å². The van der Waals surface area contributed by atoms with Gasteiger partial charge in [-0.15, -0.1) is 0 Å². The van der Waals surface area contributed by atoms with Gasteiger partial charge in [0.2, 0.25) is 5.91 Å². The Morgan fingerprint density at radius 2 is 1.90 bits per heavy atom. The van der Waals surface area contributed by atoms with Crippen LogP contribution < -0.4 is 11.1 Å². The Labute approximate surface area is 121 Å². The number of nitrogens with zero attached hydrogens (tertiary/aromatic N) is 1. The van der Waals surface area contributed by atoms with Crippen molar-refractivity contribution >= 4 is 5.91 Å². The van der Waals surface area contributed by atoms with Gasteiger partial charge < -0.3 is 16.0 Å². The molecule has 1 fully saturated rings. The summed E-state index contributed by atoms with van der Waals surface area (Å²) >= 11 is 0. The first kappa shape index (κ1) is 15.0. The van der Waals surface area contributed by atoms with Crippen LogP contribution in [0.4, 0.5) is 0 Å². The highest BCUT2D eigenvalue weighted by molar-refractivity contribution is 5.82. The average Bonchev–Trinajstić information content (AvgIpc) is 2.95. The summed E-state index contributed by atoms with van der Waals surface area (Å²) in [5.41, 5.74) is 6.98. The van der Waals surface area contributed by atoms with Gasteiger partial charge in [0, 0.05) is 12.1 Å². The predicted octanol–water partition coefficient (Wildman–Crippen LogP) is 1.68. The van der Waals surface area contributed by atoms with Crippen LogP contribution >= 0.6 is 0 Å². The molecule has 0 bridgehead atoms. The van der Waals surface area contributed by atoms with E-state index in [2.05, 4.69) is 24.3 Å². The fraction of sp³-hybridized carbons (Fsp3) is 0.562. The van der Waals surface area contributed by atoms with Crippen molar-refractivity contribution in [1.29, 1.82) is 0 Å². The van der Waals surface area contributed by atoms with Gasteiger partial charge in [0.05, 0.1) is 0 Å². The molecule has 2 rings (SSSR count). The van der Waals surface area contributed by atoms with E-state index in [1.165, 1.54) is 12.8 Å². The SMILES string of the molecule is CN(C)C1(CNC(=O)C(N)c2ccccc2)CCCC1. The second-order valence-corrected chi connectivity index (χ2v) is 5.93. The quantitative estimate of drug-likeness (QED) is 0.859. The van der Waals surface area contributed by atoms with Gasteiger partial charge in [-0.2, -0.15) is 0 Å². The summed E-state index contributed by atoms with van der Waals surface area (Å²) in [5.74, 6) is -0.0932. The molecule has 110 valence electrons. The number of carbonyl (C=O) groups excluding carboxylic acids is 1. The number of benzene rings is 1. The smallest absolute Gasteiger partial charge is 0.241 e. The molecular formula is C16H25N3O. The van der Waals surface area contributed by atoms with Gasteiger partial charge in [0.25, 0.3) is 0 Å². The molecule has 4 heteroatoms. The van der Waals surface area contributed by atoms with E-state index in [1.54, 1.807) is 0 Å². The van der Waals surface area contributed by atoms with Crippen LogP contribution in [-0.2, 0) is 4.79 Å². The van der Waals surface area contributed by atoms with Crippen LogP contribution in [0.1, 0.15) is 37.3 Å². The van der Waals surface area contributed by atoms with Crippen molar-refractivity contribution < 1.29 is 4.79 Å². The second-order valence-electron chi connectivity index (χ2n) is 5.93. The summed E-state index contributed by atoms with van der Waals surface area (Å²) in [5, 5.41) is 3.04. The minimum Gasteiger partial charge on any atom is -0.353 e. The molecular weight excluding hydrogens is 250 g/mol. The molecule has 0 radical (unpaired) electrons. The van der Waals surface area contributed by atoms with E-state index in [1.807, 2.05) is 30.3 Å². The van der Waals surface area contributed by atoms with Gasteiger partial charge >= 0.3 is 0 Å². The summed E-state index contributed by atoms with van der Waals surface area (Å²) in [6, 6.07) is 8.93. The van der Waals surface area contributed by atoms with Gasteiger partial charge in [-0.25, -0.2) is 0 Å². The Kier molecular flexibility index (Phi) is 4.78. The molecule has 0 aromatic heterocycles. The van der Waals surface area contributed by atoms with E-state index in [9.17, 15) is 4.79 Å². The summed E-state index contributed by atoms with van der Waals surface area (Å²) < 4.78 is 0. The van der Waals surface area contributed by atoms with Crippen molar-refractivity contribution in [1.82, 2.24) is 10.2 Å². The zero-order valence-corrected chi connectivity index (χ0v) is 12.4. The number of nitrogens with two attached hydrogens (primary N) is 1. The highest BCUT2D eigenvalue weighted by Gasteiger charge is 2.36. The Morgan fingerprint density at radius 1 is 1.30 bits per heavy atom. The number of hydrogen-bond acceptors (Lipinski definition) is 3. The summed E-state index contributed by atoms with van der Waals surface area (Å²) in [7, 11) is 4.18. The predicted molar refractivity (Wildman–Crippen MR) is 81.3 cm³/mol. The zero-order chi connectivity index (χ0) is 14.6. The van der Waals surface area contributed by atoms with E-state index in [0.29, 0.717) is 6.54 Å². The first-order valence-electron chi connectivity index (χ1n) is 7.31. The molecule has 4 nitrogen and oxygen atoms in total. The molecule has 1 aliphatic rings. The molecule has 1 unspecified atom stereocenters. The molecule has 20 heavy (non-hydrogen) atoms. The van der Waals surface area contributed by atoms with Crippen LogP contribution in [0, 0.1) is 0 Å². The van der Waals surface area contributed by atoms with Gasteiger partial charge in [0.15, 0.2) is 0 Å². The highest BCUT2D eigenvalue weighted by Crippen LogP contribution is 2.33. The Balaban J connectivity index is 1.95. The van der Waals surface area contributed by atoms with Crippen molar-refractivity contribution in [3.63, 3.8) is 0 Å². The molecule has 0 spiro atoms. The summed E-state index contributed by atoms with van der Waals surface area (Å²) in [4.78, 5) is 14.5. The third-order valence-corrected chi connectivity index (χ3v) is 4.52. The third kappa shape index (κ3) is 3.19. The first-order chi connectivity index (χ1) is 9.55. The van der Waals surface area contributed by atoms with Crippen molar-refractivity contribution in [3.8, 4) is 0 Å². The summed E-state index contributed by atoms with van der Waals surface area (Å²) in [6.45, 7) is 0.680. The van der Waals surface area contributed by atoms with Gasteiger partial charge in [-0.3, -0.25) is 4.79 Å².